The lowest BCUT2D eigenvalue weighted by Crippen LogP contribution is -2.25. The van der Waals surface area contributed by atoms with E-state index in [1.54, 1.807) is 6.07 Å². The summed E-state index contributed by atoms with van der Waals surface area (Å²) in [6, 6.07) is 6.91. The lowest BCUT2D eigenvalue weighted by Gasteiger charge is -2.12. The van der Waals surface area contributed by atoms with Crippen LogP contribution in [0.15, 0.2) is 44.1 Å². The normalized spacial score (nSPS) is 11.5. The van der Waals surface area contributed by atoms with E-state index in [0.29, 0.717) is 11.3 Å². The molecule has 0 spiro atoms. The van der Waals surface area contributed by atoms with Crippen LogP contribution in [0.5, 0.6) is 0 Å². The van der Waals surface area contributed by atoms with Gasteiger partial charge < -0.3 is 8.94 Å². The fraction of sp³-hybridized carbons (Fsp3) is 0.294. The number of carbonyl (C=O) groups excluding carboxylic acids is 1. The van der Waals surface area contributed by atoms with E-state index in [0.717, 1.165) is 4.68 Å². The van der Waals surface area contributed by atoms with Crippen molar-refractivity contribution in [2.24, 2.45) is 0 Å². The van der Waals surface area contributed by atoms with Gasteiger partial charge in [-0.05, 0) is 24.3 Å². The molecule has 0 bridgehead atoms. The topological polar surface area (TPSA) is 103 Å². The van der Waals surface area contributed by atoms with Gasteiger partial charge in [-0.2, -0.15) is 4.68 Å². The molecule has 0 fully saturated rings. The Morgan fingerprint density at radius 3 is 2.58 bits per heavy atom. The Labute approximate surface area is 147 Å². The molecule has 3 aromatic rings. The van der Waals surface area contributed by atoms with Crippen LogP contribution in [-0.2, 0) is 16.8 Å². The van der Waals surface area contributed by atoms with Crippen LogP contribution >= 0.6 is 0 Å². The lowest BCUT2D eigenvalue weighted by atomic mass is 9.92. The van der Waals surface area contributed by atoms with E-state index in [4.69, 9.17) is 8.94 Å². The summed E-state index contributed by atoms with van der Waals surface area (Å²) in [4.78, 5) is 23.9. The molecule has 26 heavy (non-hydrogen) atoms. The van der Waals surface area contributed by atoms with Crippen molar-refractivity contribution in [3.63, 3.8) is 0 Å². The molecule has 0 saturated heterocycles. The van der Waals surface area contributed by atoms with Gasteiger partial charge in [0.05, 0.1) is 5.69 Å². The van der Waals surface area contributed by atoms with Gasteiger partial charge in [-0.25, -0.2) is 9.18 Å². The Morgan fingerprint density at radius 2 is 1.96 bits per heavy atom. The summed E-state index contributed by atoms with van der Waals surface area (Å²) in [5.74, 6) is -1.57. The molecule has 0 aliphatic rings. The number of nitrogens with zero attached hydrogens (tertiary/aromatic N) is 3. The fourth-order valence-electron chi connectivity index (χ4n) is 2.12. The van der Waals surface area contributed by atoms with Crippen molar-refractivity contribution >= 4 is 11.8 Å². The van der Waals surface area contributed by atoms with Crippen LogP contribution in [0.2, 0.25) is 0 Å². The Hall–Kier alpha value is -3.23. The highest BCUT2D eigenvalue weighted by Gasteiger charge is 2.20. The van der Waals surface area contributed by atoms with E-state index in [2.05, 4.69) is 15.6 Å². The fourth-order valence-corrected chi connectivity index (χ4v) is 2.12. The second-order valence-corrected chi connectivity index (χ2v) is 6.71. The lowest BCUT2D eigenvalue weighted by molar-refractivity contribution is -0.117. The molecule has 0 aliphatic carbocycles. The first-order chi connectivity index (χ1) is 12.2. The SMILES string of the molecule is CC(C)(C)c1cc(NC(=O)Cn2nc(-c3ccc(F)cc3)oc2=O)on1. The van der Waals surface area contributed by atoms with Crippen LogP contribution < -0.4 is 11.1 Å². The number of nitrogens with one attached hydrogen (secondary N) is 1. The van der Waals surface area contributed by atoms with Crippen molar-refractivity contribution in [3.05, 3.63) is 52.4 Å². The zero-order valence-electron chi connectivity index (χ0n) is 14.4. The smallest absolute Gasteiger partial charge is 0.388 e. The monoisotopic (exact) mass is 360 g/mol. The highest BCUT2D eigenvalue weighted by atomic mass is 19.1. The van der Waals surface area contributed by atoms with Crippen LogP contribution in [0.1, 0.15) is 26.5 Å². The number of amides is 1. The van der Waals surface area contributed by atoms with Gasteiger partial charge in [0.15, 0.2) is 0 Å². The van der Waals surface area contributed by atoms with E-state index in [1.165, 1.54) is 24.3 Å². The van der Waals surface area contributed by atoms with Gasteiger partial charge in [0.25, 0.3) is 0 Å². The minimum atomic E-state index is -0.799. The summed E-state index contributed by atoms with van der Waals surface area (Å²) in [6.07, 6.45) is 0. The zero-order chi connectivity index (χ0) is 18.9. The number of anilines is 1. The Balaban J connectivity index is 1.71. The van der Waals surface area contributed by atoms with E-state index in [9.17, 15) is 14.0 Å². The van der Waals surface area contributed by atoms with Crippen molar-refractivity contribution < 1.29 is 18.1 Å². The zero-order valence-corrected chi connectivity index (χ0v) is 14.4. The first kappa shape index (κ1) is 17.6. The van der Waals surface area contributed by atoms with E-state index < -0.39 is 17.5 Å². The number of carbonyl (C=O) groups is 1. The van der Waals surface area contributed by atoms with Gasteiger partial charge in [-0.3, -0.25) is 10.1 Å². The van der Waals surface area contributed by atoms with Gasteiger partial charge in [-0.1, -0.05) is 25.9 Å². The molecule has 0 aliphatic heterocycles. The summed E-state index contributed by atoms with van der Waals surface area (Å²) in [5.41, 5.74) is 0.886. The van der Waals surface area contributed by atoms with Crippen LogP contribution in [0.25, 0.3) is 11.5 Å². The maximum Gasteiger partial charge on any atom is 0.437 e. The standard InChI is InChI=1S/C17H17FN4O4/c1-17(2,3)12-8-14(26-21-12)19-13(23)9-22-16(24)25-15(20-22)10-4-6-11(18)7-5-10/h4-8H,9H2,1-3H3,(H,19,23). The predicted octanol–water partition coefficient (Wildman–Crippen LogP) is 2.57. The van der Waals surface area contributed by atoms with Crippen molar-refractivity contribution in [3.8, 4) is 11.5 Å². The van der Waals surface area contributed by atoms with Gasteiger partial charge in [-0.15, -0.1) is 5.10 Å². The van der Waals surface area contributed by atoms with E-state index in [-0.39, 0.29) is 23.7 Å². The largest absolute Gasteiger partial charge is 0.437 e. The highest BCUT2D eigenvalue weighted by molar-refractivity contribution is 5.89. The minimum Gasteiger partial charge on any atom is -0.388 e. The molecule has 3 rings (SSSR count). The van der Waals surface area contributed by atoms with Gasteiger partial charge >= 0.3 is 5.76 Å². The average Bonchev–Trinajstić information content (AvgIpc) is 3.15. The number of rotatable bonds is 4. The van der Waals surface area contributed by atoms with Crippen molar-refractivity contribution in [2.45, 2.75) is 32.7 Å². The molecule has 1 N–H and O–H groups in total. The number of halogens is 1. The van der Waals surface area contributed by atoms with E-state index in [1.807, 2.05) is 20.8 Å². The summed E-state index contributed by atoms with van der Waals surface area (Å²) in [6.45, 7) is 5.52. The molecule has 2 aromatic heterocycles. The van der Waals surface area contributed by atoms with Crippen LogP contribution in [0.4, 0.5) is 10.3 Å². The number of hydrogen-bond donors (Lipinski definition) is 1. The summed E-state index contributed by atoms with van der Waals surface area (Å²) < 4.78 is 23.9. The van der Waals surface area contributed by atoms with Crippen molar-refractivity contribution in [2.75, 3.05) is 5.32 Å². The maximum atomic E-state index is 13.0. The minimum absolute atomic E-state index is 0.00233. The third-order valence-corrected chi connectivity index (χ3v) is 3.53. The van der Waals surface area contributed by atoms with Crippen LogP contribution in [0, 0.1) is 5.82 Å². The average molecular weight is 360 g/mol. The second kappa shape index (κ2) is 6.58. The molecule has 0 saturated carbocycles. The third kappa shape index (κ3) is 3.88. The number of hydrogen-bond acceptors (Lipinski definition) is 6. The molecule has 2 heterocycles. The van der Waals surface area contributed by atoms with Gasteiger partial charge in [0.1, 0.15) is 12.4 Å². The van der Waals surface area contributed by atoms with Crippen molar-refractivity contribution in [1.29, 1.82) is 0 Å². The summed E-state index contributed by atoms with van der Waals surface area (Å²) in [5, 5.41) is 10.3. The molecular formula is C17H17FN4O4. The van der Waals surface area contributed by atoms with Crippen molar-refractivity contribution in [1.82, 2.24) is 14.9 Å². The number of aromatic nitrogens is 3. The molecule has 0 atom stereocenters. The molecule has 136 valence electrons. The van der Waals surface area contributed by atoms with Gasteiger partial charge in [0, 0.05) is 17.0 Å². The Bertz CT molecular complexity index is 979. The van der Waals surface area contributed by atoms with E-state index >= 15 is 0 Å². The molecule has 0 unspecified atom stereocenters. The van der Waals surface area contributed by atoms with Crippen LogP contribution in [-0.4, -0.2) is 20.8 Å². The number of benzene rings is 1. The molecule has 8 nitrogen and oxygen atoms in total. The summed E-state index contributed by atoms with van der Waals surface area (Å²) in [7, 11) is 0. The Morgan fingerprint density at radius 1 is 1.27 bits per heavy atom. The third-order valence-electron chi connectivity index (χ3n) is 3.53. The summed E-state index contributed by atoms with van der Waals surface area (Å²) >= 11 is 0. The second-order valence-electron chi connectivity index (χ2n) is 6.71. The highest BCUT2D eigenvalue weighted by Crippen LogP contribution is 2.23. The molecule has 0 radical (unpaired) electrons. The van der Waals surface area contributed by atoms with Crippen LogP contribution in [0.3, 0.4) is 0 Å². The molecule has 9 heteroatoms. The Kier molecular flexibility index (Phi) is 4.45. The molecule has 1 amide bonds. The first-order valence-corrected chi connectivity index (χ1v) is 7.83. The molecule has 1 aromatic carbocycles. The quantitative estimate of drug-likeness (QED) is 0.767. The predicted molar refractivity (Wildman–Crippen MR) is 90.0 cm³/mol. The maximum absolute atomic E-state index is 13.0. The molecular weight excluding hydrogens is 343 g/mol. The van der Waals surface area contributed by atoms with Gasteiger partial charge in [0.2, 0.25) is 17.7 Å². The first-order valence-electron chi connectivity index (χ1n) is 7.83.